The highest BCUT2D eigenvalue weighted by Gasteiger charge is 2.11. The van der Waals surface area contributed by atoms with E-state index in [4.69, 9.17) is 9.78 Å². The molecule has 0 aliphatic rings. The lowest BCUT2D eigenvalue weighted by molar-refractivity contribution is 0.424. The zero-order chi connectivity index (χ0) is 13.9. The third kappa shape index (κ3) is 2.53. The standard InChI is InChI=1S/C14H9N3O2S/c15-8-11-5-6-12(20-11)14-16-13(17-19-14)7-9-1-3-10(18)4-2-9/h1-6,18H,7H2. The Bertz CT molecular complexity index is 768. The summed E-state index contributed by atoms with van der Waals surface area (Å²) in [5, 5.41) is 21.9. The van der Waals surface area contributed by atoms with Crippen molar-refractivity contribution < 1.29 is 9.63 Å². The van der Waals surface area contributed by atoms with Gasteiger partial charge in [-0.1, -0.05) is 17.3 Å². The molecule has 6 heteroatoms. The van der Waals surface area contributed by atoms with E-state index < -0.39 is 0 Å². The van der Waals surface area contributed by atoms with Crippen LogP contribution in [-0.2, 0) is 6.42 Å². The number of nitriles is 1. The van der Waals surface area contributed by atoms with E-state index in [9.17, 15) is 5.11 Å². The first kappa shape index (κ1) is 12.4. The highest BCUT2D eigenvalue weighted by molar-refractivity contribution is 7.15. The van der Waals surface area contributed by atoms with Gasteiger partial charge in [-0.2, -0.15) is 10.2 Å². The Hall–Kier alpha value is -2.65. The number of thiophene rings is 1. The second kappa shape index (κ2) is 5.15. The van der Waals surface area contributed by atoms with Crippen LogP contribution in [0.1, 0.15) is 16.3 Å². The van der Waals surface area contributed by atoms with Gasteiger partial charge >= 0.3 is 0 Å². The maximum absolute atomic E-state index is 9.23. The fraction of sp³-hybridized carbons (Fsp3) is 0.0714. The fourth-order valence-corrected chi connectivity index (χ4v) is 2.46. The van der Waals surface area contributed by atoms with Crippen molar-refractivity contribution in [1.29, 1.82) is 5.26 Å². The molecule has 98 valence electrons. The predicted octanol–water partition coefficient (Wildman–Crippen LogP) is 2.97. The summed E-state index contributed by atoms with van der Waals surface area (Å²) >= 11 is 1.32. The van der Waals surface area contributed by atoms with E-state index in [1.165, 1.54) is 11.3 Å². The van der Waals surface area contributed by atoms with Gasteiger partial charge in [-0.25, -0.2) is 0 Å². The van der Waals surface area contributed by atoms with Crippen LogP contribution in [0.15, 0.2) is 40.9 Å². The maximum Gasteiger partial charge on any atom is 0.268 e. The average Bonchev–Trinajstić information content (AvgIpc) is 3.10. The predicted molar refractivity (Wildman–Crippen MR) is 73.2 cm³/mol. The minimum Gasteiger partial charge on any atom is -0.508 e. The van der Waals surface area contributed by atoms with Crippen molar-refractivity contribution in [3.63, 3.8) is 0 Å². The Labute approximate surface area is 118 Å². The van der Waals surface area contributed by atoms with Crippen LogP contribution in [0, 0.1) is 11.3 Å². The van der Waals surface area contributed by atoms with E-state index in [1.54, 1.807) is 24.3 Å². The number of phenolic OH excluding ortho intramolecular Hbond substituents is 1. The van der Waals surface area contributed by atoms with Gasteiger partial charge in [0.05, 0.1) is 4.88 Å². The second-order valence-corrected chi connectivity index (χ2v) is 5.22. The summed E-state index contributed by atoms with van der Waals surface area (Å²) in [6.45, 7) is 0. The van der Waals surface area contributed by atoms with Gasteiger partial charge in [0.15, 0.2) is 5.82 Å². The number of nitrogens with zero attached hydrogens (tertiary/aromatic N) is 3. The molecule has 1 N–H and O–H groups in total. The number of hydrogen-bond acceptors (Lipinski definition) is 6. The van der Waals surface area contributed by atoms with Gasteiger partial charge in [0, 0.05) is 6.42 Å². The van der Waals surface area contributed by atoms with Crippen LogP contribution >= 0.6 is 11.3 Å². The first-order valence-electron chi connectivity index (χ1n) is 5.85. The van der Waals surface area contributed by atoms with E-state index in [0.717, 1.165) is 10.4 Å². The third-order valence-electron chi connectivity index (χ3n) is 2.69. The number of phenols is 1. The van der Waals surface area contributed by atoms with Gasteiger partial charge < -0.3 is 9.63 Å². The van der Waals surface area contributed by atoms with Crippen LogP contribution in [0.2, 0.25) is 0 Å². The second-order valence-electron chi connectivity index (χ2n) is 4.13. The number of aromatic hydroxyl groups is 1. The topological polar surface area (TPSA) is 82.9 Å². The molecule has 2 aromatic heterocycles. The summed E-state index contributed by atoms with van der Waals surface area (Å²) in [6, 6.07) is 12.5. The summed E-state index contributed by atoms with van der Waals surface area (Å²) in [4.78, 5) is 5.70. The molecule has 0 unspecified atom stereocenters. The Balaban J connectivity index is 1.80. The Morgan fingerprint density at radius 2 is 2.00 bits per heavy atom. The molecule has 0 amide bonds. The molecular weight excluding hydrogens is 274 g/mol. The molecular formula is C14H9N3O2S. The third-order valence-corrected chi connectivity index (χ3v) is 3.67. The van der Waals surface area contributed by atoms with Gasteiger partial charge in [0.1, 0.15) is 16.7 Å². The van der Waals surface area contributed by atoms with Crippen molar-refractivity contribution in [3.8, 4) is 22.6 Å². The quantitative estimate of drug-likeness (QED) is 0.799. The summed E-state index contributed by atoms with van der Waals surface area (Å²) in [5.74, 6) is 1.22. The molecule has 0 aliphatic heterocycles. The van der Waals surface area contributed by atoms with Crippen molar-refractivity contribution in [3.05, 3.63) is 52.7 Å². The SMILES string of the molecule is N#Cc1ccc(-c2nc(Cc3ccc(O)cc3)no2)s1. The lowest BCUT2D eigenvalue weighted by Gasteiger charge is -1.96. The maximum atomic E-state index is 9.23. The largest absolute Gasteiger partial charge is 0.508 e. The first-order chi connectivity index (χ1) is 9.74. The molecule has 0 saturated carbocycles. The van der Waals surface area contributed by atoms with Crippen molar-refractivity contribution in [2.24, 2.45) is 0 Å². The normalized spacial score (nSPS) is 10.3. The number of benzene rings is 1. The van der Waals surface area contributed by atoms with Crippen molar-refractivity contribution in [2.45, 2.75) is 6.42 Å². The Morgan fingerprint density at radius 3 is 2.70 bits per heavy atom. The molecule has 0 spiro atoms. The smallest absolute Gasteiger partial charge is 0.268 e. The summed E-state index contributed by atoms with van der Waals surface area (Å²) < 4.78 is 5.19. The van der Waals surface area contributed by atoms with E-state index >= 15 is 0 Å². The van der Waals surface area contributed by atoms with Crippen molar-refractivity contribution in [1.82, 2.24) is 10.1 Å². The van der Waals surface area contributed by atoms with Crippen LogP contribution in [0.3, 0.4) is 0 Å². The molecule has 0 aliphatic carbocycles. The number of rotatable bonds is 3. The van der Waals surface area contributed by atoms with Crippen molar-refractivity contribution in [2.75, 3.05) is 0 Å². The lowest BCUT2D eigenvalue weighted by atomic mass is 10.1. The number of aromatic nitrogens is 2. The minimum atomic E-state index is 0.227. The van der Waals surface area contributed by atoms with E-state index in [2.05, 4.69) is 16.2 Å². The van der Waals surface area contributed by atoms with Crippen LogP contribution in [0.25, 0.3) is 10.8 Å². The zero-order valence-electron chi connectivity index (χ0n) is 10.3. The fourth-order valence-electron chi connectivity index (χ4n) is 1.74. The molecule has 3 rings (SSSR count). The van der Waals surface area contributed by atoms with Crippen LogP contribution in [-0.4, -0.2) is 15.2 Å². The molecule has 1 aromatic carbocycles. The molecule has 0 radical (unpaired) electrons. The summed E-state index contributed by atoms with van der Waals surface area (Å²) in [5.41, 5.74) is 0.985. The van der Waals surface area contributed by atoms with Gasteiger partial charge in [0.2, 0.25) is 0 Å². The van der Waals surface area contributed by atoms with Gasteiger partial charge in [0.25, 0.3) is 5.89 Å². The van der Waals surface area contributed by atoms with E-state index in [-0.39, 0.29) is 5.75 Å². The van der Waals surface area contributed by atoms with E-state index in [1.807, 2.05) is 12.1 Å². The molecule has 0 fully saturated rings. The molecule has 0 bridgehead atoms. The molecule has 3 aromatic rings. The first-order valence-corrected chi connectivity index (χ1v) is 6.67. The number of hydrogen-bond donors (Lipinski definition) is 1. The monoisotopic (exact) mass is 283 g/mol. The van der Waals surface area contributed by atoms with Crippen LogP contribution < -0.4 is 0 Å². The summed E-state index contributed by atoms with van der Waals surface area (Å²) in [7, 11) is 0. The van der Waals surface area contributed by atoms with Crippen molar-refractivity contribution >= 4 is 11.3 Å². The van der Waals surface area contributed by atoms with Crippen LogP contribution in [0.4, 0.5) is 0 Å². The van der Waals surface area contributed by atoms with Crippen LogP contribution in [0.5, 0.6) is 5.75 Å². The molecule has 5 nitrogen and oxygen atoms in total. The Kier molecular flexibility index (Phi) is 3.19. The van der Waals surface area contributed by atoms with Gasteiger partial charge in [-0.3, -0.25) is 0 Å². The lowest BCUT2D eigenvalue weighted by Crippen LogP contribution is -1.90. The highest BCUT2D eigenvalue weighted by atomic mass is 32.1. The molecule has 2 heterocycles. The van der Waals surface area contributed by atoms with E-state index in [0.29, 0.717) is 23.0 Å². The summed E-state index contributed by atoms with van der Waals surface area (Å²) in [6.07, 6.45) is 0.528. The minimum absolute atomic E-state index is 0.227. The molecule has 0 atom stereocenters. The Morgan fingerprint density at radius 1 is 1.20 bits per heavy atom. The molecule has 0 saturated heterocycles. The zero-order valence-corrected chi connectivity index (χ0v) is 11.1. The average molecular weight is 283 g/mol. The highest BCUT2D eigenvalue weighted by Crippen LogP contribution is 2.26. The van der Waals surface area contributed by atoms with Gasteiger partial charge in [-0.05, 0) is 29.8 Å². The molecule has 20 heavy (non-hydrogen) atoms. The van der Waals surface area contributed by atoms with Gasteiger partial charge in [-0.15, -0.1) is 11.3 Å².